The molecule has 0 fully saturated rings. The van der Waals surface area contributed by atoms with E-state index in [4.69, 9.17) is 11.5 Å². The Kier molecular flexibility index (Phi) is 6.40. The molecule has 1 aromatic heterocycles. The van der Waals surface area contributed by atoms with Gasteiger partial charge in [0.2, 0.25) is 5.69 Å². The molecule has 2 heterocycles. The normalized spacial score (nSPS) is 25.3. The van der Waals surface area contributed by atoms with Gasteiger partial charge in [-0.15, -0.1) is 0 Å². The number of aryl methyl sites for hydroxylation is 1. The van der Waals surface area contributed by atoms with Crippen molar-refractivity contribution in [3.8, 4) is 11.3 Å². The highest BCUT2D eigenvalue weighted by Gasteiger charge is 2.49. The molecule has 1 aliphatic rings. The number of benzene rings is 1. The molecule has 1 aromatic carbocycles. The van der Waals surface area contributed by atoms with Gasteiger partial charge < -0.3 is 11.5 Å². The fraction of sp³-hybridized carbons (Fsp3) is 0.423. The summed E-state index contributed by atoms with van der Waals surface area (Å²) in [6, 6.07) is 15.1. The Morgan fingerprint density at radius 3 is 2.55 bits per heavy atom. The summed E-state index contributed by atoms with van der Waals surface area (Å²) >= 11 is 0. The first-order valence-corrected chi connectivity index (χ1v) is 10.9. The van der Waals surface area contributed by atoms with E-state index in [0.29, 0.717) is 6.54 Å². The molecule has 3 nitrogen and oxygen atoms in total. The van der Waals surface area contributed by atoms with E-state index in [0.717, 1.165) is 37.8 Å². The average Bonchev–Trinajstić information content (AvgIpc) is 2.74. The number of aromatic nitrogens is 1. The molecule has 3 rings (SSSR count). The topological polar surface area (TPSA) is 55.9 Å². The van der Waals surface area contributed by atoms with Crippen molar-refractivity contribution < 1.29 is 4.57 Å². The highest BCUT2D eigenvalue weighted by molar-refractivity contribution is 5.62. The average molecular weight is 391 g/mol. The van der Waals surface area contributed by atoms with Crippen LogP contribution in [0.15, 0.2) is 66.9 Å². The minimum absolute atomic E-state index is 0.121. The molecule has 3 heteroatoms. The standard InChI is InChI=1S/C26H36N3/c1-5-25(20(3)15-17-27)16-14-22-11-7-8-12-23(22)24-13-9-10-18-29(24)21(4)19-26(25,28)6-2/h7-13,15,18H,4-6,14,16-17,19,27-28H2,1-3H3/q+1/b20-15+. The molecular weight excluding hydrogens is 354 g/mol. The number of rotatable bonds is 4. The highest BCUT2D eigenvalue weighted by atomic mass is 15.0. The van der Waals surface area contributed by atoms with Gasteiger partial charge >= 0.3 is 0 Å². The van der Waals surface area contributed by atoms with Crippen LogP contribution >= 0.6 is 0 Å². The van der Waals surface area contributed by atoms with Crippen LogP contribution in [-0.4, -0.2) is 12.1 Å². The van der Waals surface area contributed by atoms with Crippen molar-refractivity contribution in [2.45, 2.75) is 58.4 Å². The van der Waals surface area contributed by atoms with E-state index < -0.39 is 0 Å². The van der Waals surface area contributed by atoms with E-state index in [1.165, 1.54) is 22.4 Å². The van der Waals surface area contributed by atoms with Crippen molar-refractivity contribution in [2.24, 2.45) is 16.9 Å². The third-order valence-electron chi connectivity index (χ3n) is 7.20. The first-order valence-electron chi connectivity index (χ1n) is 10.9. The van der Waals surface area contributed by atoms with E-state index in [-0.39, 0.29) is 11.0 Å². The van der Waals surface area contributed by atoms with E-state index in [1.807, 2.05) is 0 Å². The number of hydrogen-bond donors (Lipinski definition) is 2. The quantitative estimate of drug-likeness (QED) is 0.579. The van der Waals surface area contributed by atoms with Gasteiger partial charge in [-0.25, -0.2) is 0 Å². The molecule has 0 saturated carbocycles. The smallest absolute Gasteiger partial charge is 0.218 e. The first-order chi connectivity index (χ1) is 13.9. The molecule has 0 bridgehead atoms. The summed E-state index contributed by atoms with van der Waals surface area (Å²) < 4.78 is 2.23. The monoisotopic (exact) mass is 390 g/mol. The van der Waals surface area contributed by atoms with Gasteiger partial charge in [-0.2, -0.15) is 4.57 Å². The summed E-state index contributed by atoms with van der Waals surface area (Å²) in [5.41, 5.74) is 18.9. The highest BCUT2D eigenvalue weighted by Crippen LogP contribution is 2.49. The second-order valence-corrected chi connectivity index (χ2v) is 8.42. The Hall–Kier alpha value is -2.23. The predicted molar refractivity (Wildman–Crippen MR) is 123 cm³/mol. The van der Waals surface area contributed by atoms with Crippen molar-refractivity contribution in [3.05, 3.63) is 72.5 Å². The van der Waals surface area contributed by atoms with Crippen LogP contribution in [0.5, 0.6) is 0 Å². The molecule has 4 N–H and O–H groups in total. The maximum absolute atomic E-state index is 7.28. The van der Waals surface area contributed by atoms with Crippen molar-refractivity contribution >= 4 is 5.70 Å². The Bertz CT molecular complexity index is 914. The number of nitrogens with zero attached hydrogens (tertiary/aromatic N) is 1. The zero-order valence-electron chi connectivity index (χ0n) is 18.2. The third-order valence-corrected chi connectivity index (χ3v) is 7.20. The molecule has 2 aromatic rings. The van der Waals surface area contributed by atoms with Crippen LogP contribution in [0.25, 0.3) is 17.0 Å². The molecule has 0 aliphatic carbocycles. The molecular formula is C26H36N3+. The first kappa shape index (κ1) is 21.5. The summed E-state index contributed by atoms with van der Waals surface area (Å²) in [6.45, 7) is 11.7. The van der Waals surface area contributed by atoms with Gasteiger partial charge in [0.05, 0.1) is 6.42 Å². The molecule has 1 aliphatic heterocycles. The number of fused-ring (bicyclic) bond motifs is 3. The van der Waals surface area contributed by atoms with E-state index in [9.17, 15) is 0 Å². The fourth-order valence-electron chi connectivity index (χ4n) is 5.38. The molecule has 29 heavy (non-hydrogen) atoms. The number of nitrogens with two attached hydrogens (primary N) is 2. The number of pyridine rings is 1. The lowest BCUT2D eigenvalue weighted by molar-refractivity contribution is -0.572. The second kappa shape index (κ2) is 8.64. The van der Waals surface area contributed by atoms with Crippen LogP contribution in [0.3, 0.4) is 0 Å². The van der Waals surface area contributed by atoms with Crippen LogP contribution in [0, 0.1) is 5.41 Å². The van der Waals surface area contributed by atoms with Crippen LogP contribution in [0.4, 0.5) is 0 Å². The largest absolute Gasteiger partial charge is 0.327 e. The summed E-state index contributed by atoms with van der Waals surface area (Å²) in [6.07, 6.45) is 8.90. The maximum atomic E-state index is 7.28. The lowest BCUT2D eigenvalue weighted by atomic mass is 9.58. The molecule has 2 unspecified atom stereocenters. The van der Waals surface area contributed by atoms with Crippen LogP contribution in [0.2, 0.25) is 0 Å². The van der Waals surface area contributed by atoms with Gasteiger partial charge in [0, 0.05) is 35.2 Å². The number of hydrogen-bond acceptors (Lipinski definition) is 2. The Labute approximate surface area is 176 Å². The molecule has 0 saturated heterocycles. The zero-order valence-corrected chi connectivity index (χ0v) is 18.2. The molecule has 154 valence electrons. The Morgan fingerprint density at radius 2 is 1.86 bits per heavy atom. The molecule has 0 spiro atoms. The second-order valence-electron chi connectivity index (χ2n) is 8.42. The van der Waals surface area contributed by atoms with Gasteiger partial charge in [0.1, 0.15) is 0 Å². The Morgan fingerprint density at radius 1 is 1.14 bits per heavy atom. The van der Waals surface area contributed by atoms with Gasteiger partial charge in [-0.3, -0.25) is 0 Å². The van der Waals surface area contributed by atoms with Gasteiger partial charge in [0.15, 0.2) is 11.9 Å². The molecule has 2 atom stereocenters. The Balaban J connectivity index is 2.26. The van der Waals surface area contributed by atoms with E-state index >= 15 is 0 Å². The predicted octanol–water partition coefficient (Wildman–Crippen LogP) is 4.86. The van der Waals surface area contributed by atoms with Gasteiger partial charge in [-0.1, -0.05) is 43.7 Å². The lowest BCUT2D eigenvalue weighted by Crippen LogP contribution is -2.57. The maximum Gasteiger partial charge on any atom is 0.218 e. The lowest BCUT2D eigenvalue weighted by Gasteiger charge is -2.49. The van der Waals surface area contributed by atoms with Gasteiger partial charge in [-0.05, 0) is 56.9 Å². The van der Waals surface area contributed by atoms with Crippen LogP contribution in [0.1, 0.15) is 52.0 Å². The minimum Gasteiger partial charge on any atom is -0.327 e. The SMILES string of the molecule is C=C1CC(N)(CC)C(CC)(/C(C)=C/CN)CCc2ccccc2-c2cccc[n+]21. The van der Waals surface area contributed by atoms with E-state index in [2.05, 4.69) is 86.7 Å². The van der Waals surface area contributed by atoms with E-state index in [1.54, 1.807) is 0 Å². The van der Waals surface area contributed by atoms with Crippen molar-refractivity contribution in [2.75, 3.05) is 6.54 Å². The zero-order chi connectivity index (χ0) is 21.1. The summed E-state index contributed by atoms with van der Waals surface area (Å²) in [4.78, 5) is 0. The summed E-state index contributed by atoms with van der Waals surface area (Å²) in [7, 11) is 0. The van der Waals surface area contributed by atoms with Crippen molar-refractivity contribution in [1.29, 1.82) is 0 Å². The minimum atomic E-state index is -0.388. The van der Waals surface area contributed by atoms with Crippen LogP contribution < -0.4 is 16.0 Å². The third kappa shape index (κ3) is 3.70. The summed E-state index contributed by atoms with van der Waals surface area (Å²) in [5.74, 6) is 0. The molecule has 0 amide bonds. The summed E-state index contributed by atoms with van der Waals surface area (Å²) in [5, 5.41) is 0. The van der Waals surface area contributed by atoms with Crippen molar-refractivity contribution in [3.63, 3.8) is 0 Å². The van der Waals surface area contributed by atoms with Gasteiger partial charge in [0.25, 0.3) is 0 Å². The molecule has 0 radical (unpaired) electrons. The van der Waals surface area contributed by atoms with Crippen molar-refractivity contribution in [1.82, 2.24) is 0 Å². The van der Waals surface area contributed by atoms with Crippen LogP contribution in [-0.2, 0) is 6.42 Å². The fourth-order valence-corrected chi connectivity index (χ4v) is 5.38.